The van der Waals surface area contributed by atoms with Crippen molar-refractivity contribution >= 4 is 22.9 Å². The van der Waals surface area contributed by atoms with Crippen molar-refractivity contribution in [2.24, 2.45) is 0 Å². The summed E-state index contributed by atoms with van der Waals surface area (Å²) in [4.78, 5) is 1.21. The van der Waals surface area contributed by atoms with Crippen molar-refractivity contribution in [1.29, 1.82) is 0 Å². The first-order valence-corrected chi connectivity index (χ1v) is 6.80. The second-order valence-electron chi connectivity index (χ2n) is 4.56. The van der Waals surface area contributed by atoms with Crippen LogP contribution in [0.15, 0.2) is 41.8 Å². The highest BCUT2D eigenvalue weighted by Crippen LogP contribution is 2.22. The van der Waals surface area contributed by atoms with Crippen molar-refractivity contribution in [1.82, 2.24) is 0 Å². The van der Waals surface area contributed by atoms with Gasteiger partial charge in [-0.05, 0) is 36.1 Å². The lowest BCUT2D eigenvalue weighted by Gasteiger charge is -2.22. The van der Waals surface area contributed by atoms with Crippen LogP contribution in [-0.2, 0) is 12.8 Å². The molecule has 1 atom stereocenters. The van der Waals surface area contributed by atoms with Crippen LogP contribution in [0.25, 0.3) is 0 Å². The summed E-state index contributed by atoms with van der Waals surface area (Å²) in [7, 11) is 0. The Hall–Kier alpha value is -0.830. The summed E-state index contributed by atoms with van der Waals surface area (Å²) in [6.07, 6.45) is 1.33. The Bertz CT molecular complexity index is 459. The van der Waals surface area contributed by atoms with Crippen LogP contribution in [0.3, 0.4) is 0 Å². The maximum atomic E-state index is 10.4. The van der Waals surface area contributed by atoms with Crippen LogP contribution in [0.1, 0.15) is 17.4 Å². The summed E-state index contributed by atoms with van der Waals surface area (Å²) in [6.45, 7) is 1.88. The Labute approximate surface area is 111 Å². The maximum Gasteiger partial charge on any atom is 0.0707 e. The van der Waals surface area contributed by atoms with E-state index in [-0.39, 0.29) is 0 Å². The number of hydrogen-bond donors (Lipinski definition) is 1. The molecule has 1 nitrogen and oxygen atoms in total. The van der Waals surface area contributed by atoms with E-state index >= 15 is 0 Å². The summed E-state index contributed by atoms with van der Waals surface area (Å²) in [6, 6.07) is 11.7. The van der Waals surface area contributed by atoms with Crippen molar-refractivity contribution in [2.75, 3.05) is 0 Å². The van der Waals surface area contributed by atoms with Gasteiger partial charge in [0, 0.05) is 22.7 Å². The highest BCUT2D eigenvalue weighted by molar-refractivity contribution is 7.09. The first-order chi connectivity index (χ1) is 8.05. The number of halogens is 1. The van der Waals surface area contributed by atoms with Crippen molar-refractivity contribution in [2.45, 2.75) is 25.4 Å². The second-order valence-corrected chi connectivity index (χ2v) is 6.03. The number of thiophene rings is 1. The van der Waals surface area contributed by atoms with Gasteiger partial charge < -0.3 is 5.11 Å². The quantitative estimate of drug-likeness (QED) is 0.889. The van der Waals surface area contributed by atoms with Gasteiger partial charge in [-0.25, -0.2) is 0 Å². The average molecular weight is 267 g/mol. The van der Waals surface area contributed by atoms with Gasteiger partial charge in [0.25, 0.3) is 0 Å². The van der Waals surface area contributed by atoms with Crippen LogP contribution >= 0.6 is 22.9 Å². The van der Waals surface area contributed by atoms with E-state index < -0.39 is 5.60 Å². The molecule has 0 amide bonds. The predicted molar refractivity (Wildman–Crippen MR) is 73.8 cm³/mol. The standard InChI is InChI=1S/C14H15ClOS/c1-14(16,10-13-3-2-8-17-13)9-11-4-6-12(15)7-5-11/h2-8,16H,9-10H2,1H3. The molecule has 1 N–H and O–H groups in total. The highest BCUT2D eigenvalue weighted by atomic mass is 35.5. The number of benzene rings is 1. The fourth-order valence-electron chi connectivity index (χ4n) is 1.89. The zero-order valence-electron chi connectivity index (χ0n) is 9.69. The van der Waals surface area contributed by atoms with Gasteiger partial charge in [-0.15, -0.1) is 11.3 Å². The molecule has 0 aliphatic heterocycles. The zero-order valence-corrected chi connectivity index (χ0v) is 11.3. The van der Waals surface area contributed by atoms with Gasteiger partial charge in [-0.1, -0.05) is 29.8 Å². The molecule has 0 saturated heterocycles. The van der Waals surface area contributed by atoms with Gasteiger partial charge in [-0.2, -0.15) is 0 Å². The molecule has 2 rings (SSSR count). The van der Waals surface area contributed by atoms with E-state index in [0.29, 0.717) is 12.8 Å². The number of aliphatic hydroxyl groups is 1. The normalized spacial score (nSPS) is 14.5. The van der Waals surface area contributed by atoms with E-state index in [1.54, 1.807) is 11.3 Å². The smallest absolute Gasteiger partial charge is 0.0707 e. The molecule has 1 unspecified atom stereocenters. The fourth-order valence-corrected chi connectivity index (χ4v) is 2.90. The van der Waals surface area contributed by atoms with Crippen LogP contribution in [0.2, 0.25) is 5.02 Å². The minimum Gasteiger partial charge on any atom is -0.389 e. The van der Waals surface area contributed by atoms with E-state index in [4.69, 9.17) is 11.6 Å². The first-order valence-electron chi connectivity index (χ1n) is 5.54. The molecule has 0 radical (unpaired) electrons. The molecule has 90 valence electrons. The topological polar surface area (TPSA) is 20.2 Å². The van der Waals surface area contributed by atoms with E-state index in [1.807, 2.05) is 42.6 Å². The van der Waals surface area contributed by atoms with Crippen molar-refractivity contribution in [3.05, 3.63) is 57.2 Å². The Morgan fingerprint density at radius 1 is 1.18 bits per heavy atom. The van der Waals surface area contributed by atoms with Crippen LogP contribution in [0, 0.1) is 0 Å². The molecular formula is C14H15ClOS. The predicted octanol–water partition coefficient (Wildman–Crippen LogP) is 3.94. The van der Waals surface area contributed by atoms with Crippen LogP contribution in [0.5, 0.6) is 0 Å². The Kier molecular flexibility index (Phi) is 3.87. The molecule has 0 fully saturated rings. The first kappa shape index (κ1) is 12.6. The SMILES string of the molecule is CC(O)(Cc1ccc(Cl)cc1)Cc1cccs1. The molecule has 0 aliphatic rings. The lowest BCUT2D eigenvalue weighted by atomic mass is 9.93. The van der Waals surface area contributed by atoms with Crippen LogP contribution < -0.4 is 0 Å². The zero-order chi connectivity index (χ0) is 12.3. The van der Waals surface area contributed by atoms with Crippen molar-refractivity contribution < 1.29 is 5.11 Å². The summed E-state index contributed by atoms with van der Waals surface area (Å²) in [5, 5.41) is 13.1. The molecule has 0 saturated carbocycles. The van der Waals surface area contributed by atoms with E-state index in [0.717, 1.165) is 10.6 Å². The number of hydrogen-bond acceptors (Lipinski definition) is 2. The van der Waals surface area contributed by atoms with Crippen LogP contribution in [0.4, 0.5) is 0 Å². The summed E-state index contributed by atoms with van der Waals surface area (Å²) in [5.74, 6) is 0. The lowest BCUT2D eigenvalue weighted by Crippen LogP contribution is -2.29. The molecule has 0 bridgehead atoms. The molecule has 1 aromatic carbocycles. The van der Waals surface area contributed by atoms with E-state index in [1.165, 1.54) is 4.88 Å². The minimum atomic E-state index is -0.710. The van der Waals surface area contributed by atoms with Gasteiger partial charge in [0.2, 0.25) is 0 Å². The monoisotopic (exact) mass is 266 g/mol. The molecule has 17 heavy (non-hydrogen) atoms. The third-order valence-electron chi connectivity index (χ3n) is 2.63. The average Bonchev–Trinajstić information content (AvgIpc) is 2.73. The second kappa shape index (κ2) is 5.21. The maximum absolute atomic E-state index is 10.4. The van der Waals surface area contributed by atoms with Gasteiger partial charge >= 0.3 is 0 Å². The molecule has 0 aliphatic carbocycles. The largest absolute Gasteiger partial charge is 0.389 e. The minimum absolute atomic E-state index is 0.641. The summed E-state index contributed by atoms with van der Waals surface area (Å²) >= 11 is 7.52. The molecular weight excluding hydrogens is 252 g/mol. The van der Waals surface area contributed by atoms with E-state index in [9.17, 15) is 5.11 Å². The number of rotatable bonds is 4. The Balaban J connectivity index is 2.03. The van der Waals surface area contributed by atoms with Gasteiger partial charge in [0.1, 0.15) is 0 Å². The Morgan fingerprint density at radius 3 is 2.47 bits per heavy atom. The van der Waals surface area contributed by atoms with Crippen LogP contribution in [-0.4, -0.2) is 10.7 Å². The molecule has 0 spiro atoms. The highest BCUT2D eigenvalue weighted by Gasteiger charge is 2.21. The molecule has 1 aromatic heterocycles. The van der Waals surface area contributed by atoms with Gasteiger partial charge in [-0.3, -0.25) is 0 Å². The van der Waals surface area contributed by atoms with Gasteiger partial charge in [0.05, 0.1) is 5.60 Å². The lowest BCUT2D eigenvalue weighted by molar-refractivity contribution is 0.0616. The van der Waals surface area contributed by atoms with Gasteiger partial charge in [0.15, 0.2) is 0 Å². The third kappa shape index (κ3) is 3.84. The molecule has 3 heteroatoms. The van der Waals surface area contributed by atoms with E-state index in [2.05, 4.69) is 6.07 Å². The summed E-state index contributed by atoms with van der Waals surface area (Å²) < 4.78 is 0. The molecule has 1 heterocycles. The fraction of sp³-hybridized carbons (Fsp3) is 0.286. The summed E-state index contributed by atoms with van der Waals surface area (Å²) in [5.41, 5.74) is 0.398. The van der Waals surface area contributed by atoms with Crippen molar-refractivity contribution in [3.63, 3.8) is 0 Å². The molecule has 2 aromatic rings. The Morgan fingerprint density at radius 2 is 1.88 bits per heavy atom. The van der Waals surface area contributed by atoms with Crippen molar-refractivity contribution in [3.8, 4) is 0 Å². The third-order valence-corrected chi connectivity index (χ3v) is 3.76.